The van der Waals surface area contributed by atoms with Gasteiger partial charge < -0.3 is 9.80 Å². The summed E-state index contributed by atoms with van der Waals surface area (Å²) in [5, 5.41) is 0. The number of benzene rings is 3. The fraction of sp³-hybridized carbons (Fsp3) is 0.267. The lowest BCUT2D eigenvalue weighted by molar-refractivity contribution is -0.143. The molecule has 1 aliphatic rings. The zero-order valence-electron chi connectivity index (χ0n) is 22.1. The number of hydrogen-bond donors (Lipinski definition) is 0. The van der Waals surface area contributed by atoms with Crippen molar-refractivity contribution in [2.75, 3.05) is 19.6 Å². The smallest absolute Gasteiger partial charge is 0.335 e. The molecule has 1 atom stereocenters. The van der Waals surface area contributed by atoms with Gasteiger partial charge in [0.25, 0.3) is 5.91 Å². The second-order valence-electron chi connectivity index (χ2n) is 9.87. The Bertz CT molecular complexity index is 1450. The fourth-order valence-corrected chi connectivity index (χ4v) is 4.68. The van der Waals surface area contributed by atoms with Gasteiger partial charge in [0.2, 0.25) is 5.91 Å². The van der Waals surface area contributed by atoms with E-state index in [1.165, 1.54) is 23.1 Å². The highest BCUT2D eigenvalue weighted by molar-refractivity contribution is 5.96. The van der Waals surface area contributed by atoms with Crippen molar-refractivity contribution in [2.45, 2.75) is 31.0 Å². The first-order valence-electron chi connectivity index (χ1n) is 12.8. The number of alkyl halides is 9. The molecular weight excluding hydrogens is 591 g/mol. The predicted octanol–water partition coefficient (Wildman–Crippen LogP) is 7.35. The van der Waals surface area contributed by atoms with E-state index >= 15 is 0 Å². The Morgan fingerprint density at radius 3 is 1.81 bits per heavy atom. The minimum absolute atomic E-state index is 0.0577. The van der Waals surface area contributed by atoms with Crippen molar-refractivity contribution >= 4 is 17.9 Å². The Morgan fingerprint density at radius 2 is 1.28 bits per heavy atom. The average Bonchev–Trinajstić information content (AvgIpc) is 2.94. The number of rotatable bonds is 5. The van der Waals surface area contributed by atoms with E-state index < -0.39 is 58.6 Å². The molecule has 2 amide bonds. The zero-order chi connectivity index (χ0) is 31.6. The molecule has 4 rings (SSSR count). The molecule has 0 aliphatic carbocycles. The van der Waals surface area contributed by atoms with Crippen LogP contribution in [-0.2, 0) is 29.7 Å². The van der Waals surface area contributed by atoms with Gasteiger partial charge in [-0.25, -0.2) is 0 Å². The van der Waals surface area contributed by atoms with E-state index in [0.717, 1.165) is 23.1 Å². The molecule has 0 N–H and O–H groups in total. The van der Waals surface area contributed by atoms with Gasteiger partial charge in [-0.1, -0.05) is 42.5 Å². The molecule has 0 bridgehead atoms. The Morgan fingerprint density at radius 1 is 0.721 bits per heavy atom. The van der Waals surface area contributed by atoms with Crippen LogP contribution in [0.3, 0.4) is 0 Å². The number of carbonyl (C=O) groups is 2. The maximum atomic E-state index is 13.4. The van der Waals surface area contributed by atoms with Crippen LogP contribution in [0.1, 0.15) is 38.2 Å². The van der Waals surface area contributed by atoms with Gasteiger partial charge in [0.1, 0.15) is 0 Å². The molecule has 1 fully saturated rings. The quantitative estimate of drug-likeness (QED) is 0.223. The molecule has 1 heterocycles. The Hall–Kier alpha value is -4.29. The summed E-state index contributed by atoms with van der Waals surface area (Å²) < 4.78 is 119. The van der Waals surface area contributed by atoms with Crippen molar-refractivity contribution in [1.29, 1.82) is 0 Å². The molecule has 43 heavy (non-hydrogen) atoms. The average molecular weight is 615 g/mol. The predicted molar refractivity (Wildman–Crippen MR) is 138 cm³/mol. The van der Waals surface area contributed by atoms with Gasteiger partial charge in [0.05, 0.1) is 22.7 Å². The van der Waals surface area contributed by atoms with Crippen LogP contribution < -0.4 is 0 Å². The second-order valence-corrected chi connectivity index (χ2v) is 9.87. The number of halogens is 9. The van der Waals surface area contributed by atoms with Gasteiger partial charge in [-0.2, -0.15) is 39.5 Å². The Labute approximate surface area is 240 Å². The zero-order valence-corrected chi connectivity index (χ0v) is 22.1. The van der Waals surface area contributed by atoms with Crippen molar-refractivity contribution in [1.82, 2.24) is 9.80 Å². The lowest BCUT2D eigenvalue weighted by atomic mass is 9.99. The summed E-state index contributed by atoms with van der Waals surface area (Å²) in [5.74, 6) is -1.59. The highest BCUT2D eigenvalue weighted by Gasteiger charge is 2.39. The van der Waals surface area contributed by atoms with E-state index in [9.17, 15) is 49.1 Å². The molecule has 0 saturated carbocycles. The molecule has 1 aliphatic heterocycles. The Kier molecular flexibility index (Phi) is 8.93. The van der Waals surface area contributed by atoms with Crippen LogP contribution in [0.15, 0.2) is 78.9 Å². The van der Waals surface area contributed by atoms with Gasteiger partial charge >= 0.3 is 18.5 Å². The van der Waals surface area contributed by atoms with Crippen LogP contribution in [0.2, 0.25) is 0 Å². The lowest BCUT2D eigenvalue weighted by Gasteiger charge is -2.41. The first kappa shape index (κ1) is 31.6. The van der Waals surface area contributed by atoms with Crippen LogP contribution in [-0.4, -0.2) is 47.3 Å². The largest absolute Gasteiger partial charge is 0.416 e. The maximum absolute atomic E-state index is 13.4. The first-order chi connectivity index (χ1) is 20.0. The van der Waals surface area contributed by atoms with Gasteiger partial charge in [0, 0.05) is 31.3 Å². The molecule has 0 unspecified atom stereocenters. The van der Waals surface area contributed by atoms with Gasteiger partial charge in [-0.3, -0.25) is 9.59 Å². The summed E-state index contributed by atoms with van der Waals surface area (Å²) in [7, 11) is 0. The molecule has 0 spiro atoms. The number of hydrogen-bond acceptors (Lipinski definition) is 2. The Balaban J connectivity index is 1.59. The third-order valence-electron chi connectivity index (χ3n) is 6.86. The molecule has 1 saturated heterocycles. The van der Waals surface area contributed by atoms with Crippen molar-refractivity contribution in [3.05, 3.63) is 112 Å². The highest BCUT2D eigenvalue weighted by atomic mass is 19.4. The van der Waals surface area contributed by atoms with E-state index in [1.54, 1.807) is 30.3 Å². The van der Waals surface area contributed by atoms with Crippen LogP contribution in [0, 0.1) is 0 Å². The van der Waals surface area contributed by atoms with Crippen LogP contribution in [0.5, 0.6) is 0 Å². The molecular formula is C30H23F9N2O2. The van der Waals surface area contributed by atoms with Crippen LogP contribution >= 0.6 is 0 Å². The van der Waals surface area contributed by atoms with Crippen molar-refractivity contribution in [3.63, 3.8) is 0 Å². The van der Waals surface area contributed by atoms with Crippen LogP contribution in [0.25, 0.3) is 6.08 Å². The summed E-state index contributed by atoms with van der Waals surface area (Å²) in [6, 6.07) is 12.6. The minimum Gasteiger partial charge on any atom is -0.335 e. The van der Waals surface area contributed by atoms with Gasteiger partial charge in [-0.05, 0) is 54.0 Å². The van der Waals surface area contributed by atoms with E-state index in [-0.39, 0.29) is 32.1 Å². The van der Waals surface area contributed by atoms with Crippen molar-refractivity contribution in [3.8, 4) is 0 Å². The summed E-state index contributed by atoms with van der Waals surface area (Å²) in [6.07, 6.45) is -12.2. The van der Waals surface area contributed by atoms with Gasteiger partial charge in [0.15, 0.2) is 0 Å². The maximum Gasteiger partial charge on any atom is 0.416 e. The number of piperazine rings is 1. The minimum atomic E-state index is -5.13. The van der Waals surface area contributed by atoms with Crippen LogP contribution in [0.4, 0.5) is 39.5 Å². The molecule has 3 aromatic rings. The number of amides is 2. The molecule has 0 radical (unpaired) electrons. The fourth-order valence-electron chi connectivity index (χ4n) is 4.68. The van der Waals surface area contributed by atoms with Gasteiger partial charge in [-0.15, -0.1) is 0 Å². The number of carbonyl (C=O) groups excluding carboxylic acids is 2. The van der Waals surface area contributed by atoms with Crippen molar-refractivity contribution in [2.24, 2.45) is 0 Å². The number of nitrogens with zero attached hydrogens (tertiary/aromatic N) is 2. The molecule has 0 aromatic heterocycles. The summed E-state index contributed by atoms with van der Waals surface area (Å²) in [6.45, 7) is -0.367. The van der Waals surface area contributed by atoms with E-state index in [1.807, 2.05) is 0 Å². The third-order valence-corrected chi connectivity index (χ3v) is 6.86. The van der Waals surface area contributed by atoms with E-state index in [4.69, 9.17) is 0 Å². The third kappa shape index (κ3) is 7.96. The second kappa shape index (κ2) is 12.1. The van der Waals surface area contributed by atoms with Crippen molar-refractivity contribution < 1.29 is 49.1 Å². The SMILES string of the molecule is O=C(/C=C/c1ccc(C(F)(F)F)cc1)N1CCN(C(=O)c2cc(C(F)(F)F)cc(C(F)(F)F)c2)[C@H](Cc2ccccc2)C1. The highest BCUT2D eigenvalue weighted by Crippen LogP contribution is 2.37. The standard InChI is InChI=1S/C30H23F9N2O2/c31-28(32,33)22-9-6-19(7-10-22)8-11-26(42)40-12-13-41(25(18-40)14-20-4-2-1-3-5-20)27(43)21-15-23(29(34,35)36)17-24(16-21)30(37,38)39/h1-11,15-17,25H,12-14,18H2/b11-8+/t25-/m1/s1. The summed E-state index contributed by atoms with van der Waals surface area (Å²) in [4.78, 5) is 28.9. The summed E-state index contributed by atoms with van der Waals surface area (Å²) in [5.41, 5.74) is -3.85. The molecule has 4 nitrogen and oxygen atoms in total. The summed E-state index contributed by atoms with van der Waals surface area (Å²) >= 11 is 0. The normalized spacial score (nSPS) is 16.5. The molecule has 13 heteroatoms. The molecule has 3 aromatic carbocycles. The van der Waals surface area contributed by atoms with E-state index in [2.05, 4.69) is 0 Å². The lowest BCUT2D eigenvalue weighted by Crippen LogP contribution is -2.57. The molecule has 228 valence electrons. The first-order valence-corrected chi connectivity index (χ1v) is 12.8. The monoisotopic (exact) mass is 614 g/mol. The topological polar surface area (TPSA) is 40.6 Å². The van der Waals surface area contributed by atoms with E-state index in [0.29, 0.717) is 23.3 Å².